The molecule has 26 heavy (non-hydrogen) atoms. The Morgan fingerprint density at radius 1 is 1.23 bits per heavy atom. The van der Waals surface area contributed by atoms with Crippen LogP contribution in [0.25, 0.3) is 11.0 Å². The summed E-state index contributed by atoms with van der Waals surface area (Å²) in [5.74, 6) is 1.08. The lowest BCUT2D eigenvalue weighted by Crippen LogP contribution is -2.03. The molecule has 0 aliphatic rings. The van der Waals surface area contributed by atoms with Crippen molar-refractivity contribution in [2.45, 2.75) is 6.54 Å². The van der Waals surface area contributed by atoms with Crippen LogP contribution in [-0.2, 0) is 13.6 Å². The van der Waals surface area contributed by atoms with Gasteiger partial charge in [0.25, 0.3) is 5.69 Å². The molecule has 130 valence electrons. The van der Waals surface area contributed by atoms with E-state index in [2.05, 4.69) is 20.4 Å². The quantitative estimate of drug-likeness (QED) is 0.400. The van der Waals surface area contributed by atoms with E-state index in [1.165, 1.54) is 24.8 Å². The Balaban J connectivity index is 1.71. The Morgan fingerprint density at radius 3 is 2.88 bits per heavy atom. The number of hydrogen-bond donors (Lipinski definition) is 0. The number of benzene rings is 2. The van der Waals surface area contributed by atoms with E-state index in [0.29, 0.717) is 23.6 Å². The summed E-state index contributed by atoms with van der Waals surface area (Å²) in [6.45, 7) is 0.298. The van der Waals surface area contributed by atoms with Crippen LogP contribution >= 0.6 is 0 Å². The highest BCUT2D eigenvalue weighted by atomic mass is 16.6. The van der Waals surface area contributed by atoms with Crippen LogP contribution in [0.3, 0.4) is 0 Å². The summed E-state index contributed by atoms with van der Waals surface area (Å²) >= 11 is 0. The van der Waals surface area contributed by atoms with E-state index in [9.17, 15) is 10.1 Å². The highest BCUT2D eigenvalue weighted by Gasteiger charge is 2.14. The van der Waals surface area contributed by atoms with Crippen molar-refractivity contribution in [3.8, 4) is 11.5 Å². The normalized spacial score (nSPS) is 11.0. The Labute approximate surface area is 146 Å². The van der Waals surface area contributed by atoms with Crippen LogP contribution in [0.1, 0.15) is 5.56 Å². The number of aryl methyl sites for hydroxylation is 1. The van der Waals surface area contributed by atoms with Gasteiger partial charge in [-0.3, -0.25) is 10.1 Å². The molecule has 0 unspecified atom stereocenters. The van der Waals surface area contributed by atoms with Crippen molar-refractivity contribution < 1.29 is 9.66 Å². The molecule has 2 heterocycles. The summed E-state index contributed by atoms with van der Waals surface area (Å²) in [5, 5.41) is 23.1. The minimum absolute atomic E-state index is 0.0150. The Bertz CT molecular complexity index is 1090. The number of nitrogens with zero attached hydrogens (tertiary/aromatic N) is 7. The third-order valence-corrected chi connectivity index (χ3v) is 3.86. The average molecular weight is 351 g/mol. The van der Waals surface area contributed by atoms with E-state index in [1.54, 1.807) is 34.6 Å². The SMILES string of the molecule is Cn1nnc2ccc(Oc3ccc([N+](=O)[O-])cc3Cn3cncn3)cc21. The fraction of sp³-hybridized carbons (Fsp3) is 0.125. The molecule has 4 aromatic rings. The van der Waals surface area contributed by atoms with E-state index in [-0.39, 0.29) is 5.69 Å². The van der Waals surface area contributed by atoms with Gasteiger partial charge >= 0.3 is 0 Å². The summed E-state index contributed by atoms with van der Waals surface area (Å²) < 4.78 is 9.19. The fourth-order valence-corrected chi connectivity index (χ4v) is 2.59. The van der Waals surface area contributed by atoms with E-state index < -0.39 is 4.92 Å². The molecule has 10 nitrogen and oxygen atoms in total. The molecule has 2 aromatic carbocycles. The lowest BCUT2D eigenvalue weighted by molar-refractivity contribution is -0.384. The van der Waals surface area contributed by atoms with Gasteiger partial charge in [0.05, 0.1) is 17.0 Å². The van der Waals surface area contributed by atoms with Crippen molar-refractivity contribution in [1.29, 1.82) is 0 Å². The molecule has 0 fully saturated rings. The zero-order chi connectivity index (χ0) is 18.1. The maximum atomic E-state index is 11.1. The van der Waals surface area contributed by atoms with E-state index >= 15 is 0 Å². The molecule has 0 bridgehead atoms. The summed E-state index contributed by atoms with van der Waals surface area (Å²) in [4.78, 5) is 14.5. The van der Waals surface area contributed by atoms with Crippen molar-refractivity contribution >= 4 is 16.7 Å². The number of aromatic nitrogens is 6. The van der Waals surface area contributed by atoms with Gasteiger partial charge in [0.2, 0.25) is 0 Å². The smallest absolute Gasteiger partial charge is 0.270 e. The topological polar surface area (TPSA) is 114 Å². The van der Waals surface area contributed by atoms with Crippen LogP contribution in [0.2, 0.25) is 0 Å². The van der Waals surface area contributed by atoms with Gasteiger partial charge in [-0.1, -0.05) is 5.21 Å². The van der Waals surface area contributed by atoms with Crippen molar-refractivity contribution in [1.82, 2.24) is 29.8 Å². The fourth-order valence-electron chi connectivity index (χ4n) is 2.59. The number of nitro groups is 1. The van der Waals surface area contributed by atoms with Crippen LogP contribution in [0.4, 0.5) is 5.69 Å². The van der Waals surface area contributed by atoms with Crippen LogP contribution in [0.5, 0.6) is 11.5 Å². The summed E-state index contributed by atoms with van der Waals surface area (Å²) in [6, 6.07) is 9.86. The molecular weight excluding hydrogens is 338 g/mol. The molecule has 0 radical (unpaired) electrons. The Morgan fingerprint density at radius 2 is 2.12 bits per heavy atom. The highest BCUT2D eigenvalue weighted by molar-refractivity contribution is 5.76. The number of ether oxygens (including phenoxy) is 1. The molecule has 0 aliphatic heterocycles. The third kappa shape index (κ3) is 2.95. The molecular formula is C16H13N7O3. The molecule has 0 aliphatic carbocycles. The molecule has 4 rings (SSSR count). The van der Waals surface area contributed by atoms with E-state index in [4.69, 9.17) is 4.74 Å². The predicted octanol–water partition coefficient (Wildman–Crippen LogP) is 2.31. The second kappa shape index (κ2) is 6.24. The van der Waals surface area contributed by atoms with Gasteiger partial charge in [-0.15, -0.1) is 5.10 Å². The van der Waals surface area contributed by atoms with Crippen molar-refractivity contribution in [2.24, 2.45) is 7.05 Å². The second-order valence-corrected chi connectivity index (χ2v) is 5.61. The number of non-ortho nitro benzene ring substituents is 1. The maximum absolute atomic E-state index is 11.1. The van der Waals surface area contributed by atoms with Gasteiger partial charge in [0.1, 0.15) is 29.7 Å². The van der Waals surface area contributed by atoms with Gasteiger partial charge in [-0.2, -0.15) is 5.10 Å². The standard InChI is InChI=1S/C16H13N7O3/c1-21-15-7-13(3-4-14(15)19-20-21)26-16-5-2-12(23(24)25)6-11(16)8-22-10-17-9-18-22/h2-7,9-10H,8H2,1H3. The molecule has 0 amide bonds. The molecule has 2 aromatic heterocycles. The first-order valence-electron chi connectivity index (χ1n) is 7.67. The van der Waals surface area contributed by atoms with Gasteiger partial charge in [-0.05, 0) is 18.2 Å². The van der Waals surface area contributed by atoms with Gasteiger partial charge in [-0.25, -0.2) is 14.3 Å². The van der Waals surface area contributed by atoms with Gasteiger partial charge in [0.15, 0.2) is 0 Å². The molecule has 0 N–H and O–H groups in total. The van der Waals surface area contributed by atoms with Crippen molar-refractivity contribution in [2.75, 3.05) is 0 Å². The minimum Gasteiger partial charge on any atom is -0.457 e. The van der Waals surface area contributed by atoms with Crippen LogP contribution in [0, 0.1) is 10.1 Å². The van der Waals surface area contributed by atoms with Crippen molar-refractivity contribution in [3.63, 3.8) is 0 Å². The molecule has 0 spiro atoms. The van der Waals surface area contributed by atoms with Crippen molar-refractivity contribution in [3.05, 3.63) is 64.7 Å². The number of rotatable bonds is 5. The largest absolute Gasteiger partial charge is 0.457 e. The van der Waals surface area contributed by atoms with E-state index in [0.717, 1.165) is 11.0 Å². The highest BCUT2D eigenvalue weighted by Crippen LogP contribution is 2.30. The monoisotopic (exact) mass is 351 g/mol. The molecule has 10 heteroatoms. The van der Waals surface area contributed by atoms with Gasteiger partial charge < -0.3 is 4.74 Å². The van der Waals surface area contributed by atoms with Crippen LogP contribution < -0.4 is 4.74 Å². The maximum Gasteiger partial charge on any atom is 0.270 e. The lowest BCUT2D eigenvalue weighted by Gasteiger charge is -2.11. The third-order valence-electron chi connectivity index (χ3n) is 3.86. The van der Waals surface area contributed by atoms with Crippen LogP contribution in [0.15, 0.2) is 49.1 Å². The first-order valence-corrected chi connectivity index (χ1v) is 7.67. The van der Waals surface area contributed by atoms with E-state index in [1.807, 2.05) is 6.07 Å². The number of hydrogen-bond acceptors (Lipinski definition) is 7. The van der Waals surface area contributed by atoms with Crippen LogP contribution in [-0.4, -0.2) is 34.7 Å². The molecule has 0 atom stereocenters. The first-order chi connectivity index (χ1) is 12.6. The summed E-state index contributed by atoms with van der Waals surface area (Å²) in [6.07, 6.45) is 2.94. The Kier molecular flexibility index (Phi) is 3.77. The second-order valence-electron chi connectivity index (χ2n) is 5.61. The zero-order valence-electron chi connectivity index (χ0n) is 13.7. The minimum atomic E-state index is -0.442. The predicted molar refractivity (Wildman–Crippen MR) is 90.8 cm³/mol. The summed E-state index contributed by atoms with van der Waals surface area (Å²) in [5.41, 5.74) is 2.18. The Hall–Kier alpha value is -3.82. The number of nitro benzene ring substituents is 1. The first kappa shape index (κ1) is 15.7. The average Bonchev–Trinajstić information content (AvgIpc) is 3.26. The number of fused-ring (bicyclic) bond motifs is 1. The van der Waals surface area contributed by atoms with Gasteiger partial charge in [0, 0.05) is 30.8 Å². The molecule has 0 saturated heterocycles. The summed E-state index contributed by atoms with van der Waals surface area (Å²) in [7, 11) is 1.79. The zero-order valence-corrected chi connectivity index (χ0v) is 13.7. The lowest BCUT2D eigenvalue weighted by atomic mass is 10.1. The molecule has 0 saturated carbocycles.